The number of nitrogens with one attached hydrogen (secondary N) is 1. The maximum atomic E-state index is 12.3. The van der Waals surface area contributed by atoms with E-state index in [-0.39, 0.29) is 17.8 Å². The fraction of sp³-hybridized carbons (Fsp3) is 0.312. The second kappa shape index (κ2) is 5.42. The van der Waals surface area contributed by atoms with Crippen LogP contribution in [0.1, 0.15) is 18.9 Å². The number of hydrogen-bond donors (Lipinski definition) is 1. The molecule has 118 valence electrons. The van der Waals surface area contributed by atoms with E-state index in [1.165, 1.54) is 10.9 Å². The van der Waals surface area contributed by atoms with Gasteiger partial charge in [-0.3, -0.25) is 9.13 Å². The summed E-state index contributed by atoms with van der Waals surface area (Å²) in [5.41, 5.74) is 1.71. The fourth-order valence-corrected chi connectivity index (χ4v) is 3.29. The summed E-state index contributed by atoms with van der Waals surface area (Å²) in [4.78, 5) is 33.2. The molecule has 3 heterocycles. The Morgan fingerprint density at radius 2 is 2.00 bits per heavy atom. The Morgan fingerprint density at radius 3 is 2.74 bits per heavy atom. The number of amides is 1. The van der Waals surface area contributed by atoms with Crippen molar-refractivity contribution < 1.29 is 4.79 Å². The first-order valence-electron chi connectivity index (χ1n) is 7.70. The third-order valence-electron chi connectivity index (χ3n) is 4.45. The third kappa shape index (κ3) is 2.34. The number of hydrogen-bond acceptors (Lipinski definition) is 3. The van der Waals surface area contributed by atoms with Crippen molar-refractivity contribution >= 4 is 17.1 Å². The molecule has 1 N–H and O–H groups in total. The van der Waals surface area contributed by atoms with Crippen LogP contribution in [0.4, 0.5) is 4.79 Å². The Kier molecular flexibility index (Phi) is 3.25. The van der Waals surface area contributed by atoms with Crippen LogP contribution < -0.4 is 5.69 Å². The molecule has 1 aliphatic rings. The number of likely N-dealkylation sites (tertiary alicyclic amines) is 1. The summed E-state index contributed by atoms with van der Waals surface area (Å²) in [5.74, 6) is 0. The molecule has 23 heavy (non-hydrogen) atoms. The van der Waals surface area contributed by atoms with Gasteiger partial charge in [-0.05, 0) is 25.0 Å². The average molecular weight is 311 g/mol. The van der Waals surface area contributed by atoms with Crippen LogP contribution in [0.25, 0.3) is 11.0 Å². The molecule has 0 aliphatic carbocycles. The zero-order valence-electron chi connectivity index (χ0n) is 12.6. The molecule has 0 atom stereocenters. The van der Waals surface area contributed by atoms with E-state index in [0.717, 1.165) is 23.9 Å². The molecule has 3 aromatic rings. The first-order chi connectivity index (χ1) is 11.2. The summed E-state index contributed by atoms with van der Waals surface area (Å²) in [7, 11) is 0. The van der Waals surface area contributed by atoms with E-state index < -0.39 is 0 Å². The second-order valence-corrected chi connectivity index (χ2v) is 5.79. The Balaban J connectivity index is 1.54. The number of imidazole rings is 2. The van der Waals surface area contributed by atoms with E-state index in [2.05, 4.69) is 9.97 Å². The first-order valence-corrected chi connectivity index (χ1v) is 7.70. The summed E-state index contributed by atoms with van der Waals surface area (Å²) in [6.45, 7) is 1.27. The topological polar surface area (TPSA) is 75.9 Å². The van der Waals surface area contributed by atoms with E-state index in [1.807, 2.05) is 28.8 Å². The maximum absolute atomic E-state index is 12.3. The smallest absolute Gasteiger partial charge is 0.324 e. The monoisotopic (exact) mass is 311 g/mol. The average Bonchev–Trinajstić information content (AvgIpc) is 3.21. The number of aromatic nitrogens is 4. The SMILES string of the molecule is O=C(N1CCC(n2c(=O)[nH]c3ccccc32)CC1)n1ccnc1. The summed E-state index contributed by atoms with van der Waals surface area (Å²) in [6, 6.07) is 7.76. The quantitative estimate of drug-likeness (QED) is 0.745. The van der Waals surface area contributed by atoms with Crippen molar-refractivity contribution in [3.8, 4) is 0 Å². The molecule has 1 aliphatic heterocycles. The number of aromatic amines is 1. The van der Waals surface area contributed by atoms with Crippen LogP contribution in [-0.4, -0.2) is 43.1 Å². The van der Waals surface area contributed by atoms with Crippen molar-refractivity contribution in [1.29, 1.82) is 0 Å². The first kappa shape index (κ1) is 13.8. The van der Waals surface area contributed by atoms with E-state index in [0.29, 0.717) is 13.1 Å². The second-order valence-electron chi connectivity index (χ2n) is 5.79. The van der Waals surface area contributed by atoms with Crippen LogP contribution in [-0.2, 0) is 0 Å². The molecular formula is C16H17N5O2. The lowest BCUT2D eigenvalue weighted by Crippen LogP contribution is -2.42. The molecule has 0 saturated carbocycles. The van der Waals surface area contributed by atoms with Gasteiger partial charge in [0.2, 0.25) is 0 Å². The Hall–Kier alpha value is -2.83. The van der Waals surface area contributed by atoms with Gasteiger partial charge in [0.05, 0.1) is 11.0 Å². The van der Waals surface area contributed by atoms with Crippen LogP contribution in [0.15, 0.2) is 47.8 Å². The van der Waals surface area contributed by atoms with E-state index in [9.17, 15) is 9.59 Å². The molecule has 7 heteroatoms. The molecule has 0 bridgehead atoms. The van der Waals surface area contributed by atoms with E-state index >= 15 is 0 Å². The lowest BCUT2D eigenvalue weighted by molar-refractivity contribution is 0.173. The minimum absolute atomic E-state index is 0.0628. The number of para-hydroxylation sites is 2. The van der Waals surface area contributed by atoms with Crippen molar-refractivity contribution in [3.63, 3.8) is 0 Å². The number of carbonyl (C=O) groups is 1. The number of rotatable bonds is 1. The lowest BCUT2D eigenvalue weighted by Gasteiger charge is -2.32. The standard InChI is InChI=1S/C16H17N5O2/c22-15-18-13-3-1-2-4-14(13)21(15)12-5-8-19(9-6-12)16(23)20-10-7-17-11-20/h1-4,7,10-12H,5-6,8-9H2,(H,18,22). The molecule has 1 amide bonds. The van der Waals surface area contributed by atoms with Gasteiger partial charge in [0.1, 0.15) is 6.33 Å². The third-order valence-corrected chi connectivity index (χ3v) is 4.45. The maximum Gasteiger partial charge on any atom is 0.329 e. The van der Waals surface area contributed by atoms with Gasteiger partial charge in [-0.1, -0.05) is 12.1 Å². The lowest BCUT2D eigenvalue weighted by atomic mass is 10.0. The van der Waals surface area contributed by atoms with Crippen molar-refractivity contribution in [2.45, 2.75) is 18.9 Å². The highest BCUT2D eigenvalue weighted by Gasteiger charge is 2.26. The molecule has 1 saturated heterocycles. The van der Waals surface area contributed by atoms with Crippen molar-refractivity contribution in [2.24, 2.45) is 0 Å². The van der Waals surface area contributed by atoms with Gasteiger partial charge >= 0.3 is 11.7 Å². The Bertz CT molecular complexity index is 885. The number of nitrogens with zero attached hydrogens (tertiary/aromatic N) is 4. The molecule has 2 aromatic heterocycles. The minimum atomic E-state index is -0.0782. The largest absolute Gasteiger partial charge is 0.329 e. The highest BCUT2D eigenvalue weighted by atomic mass is 16.2. The molecule has 1 aromatic carbocycles. The molecule has 1 fully saturated rings. The highest BCUT2D eigenvalue weighted by Crippen LogP contribution is 2.25. The summed E-state index contributed by atoms with van der Waals surface area (Å²) in [6.07, 6.45) is 6.29. The Morgan fingerprint density at radius 1 is 1.22 bits per heavy atom. The Labute approximate surface area is 132 Å². The number of H-pyrrole nitrogens is 1. The van der Waals surface area contributed by atoms with Crippen molar-refractivity contribution in [3.05, 3.63) is 53.5 Å². The van der Waals surface area contributed by atoms with E-state index in [1.54, 1.807) is 17.3 Å². The predicted molar refractivity (Wildman–Crippen MR) is 85.4 cm³/mol. The van der Waals surface area contributed by atoms with Crippen molar-refractivity contribution in [2.75, 3.05) is 13.1 Å². The van der Waals surface area contributed by atoms with Gasteiger partial charge < -0.3 is 9.88 Å². The fourth-order valence-electron chi connectivity index (χ4n) is 3.29. The summed E-state index contributed by atoms with van der Waals surface area (Å²) in [5, 5.41) is 0. The van der Waals surface area contributed by atoms with E-state index in [4.69, 9.17) is 0 Å². The normalized spacial score (nSPS) is 16.1. The number of carbonyl (C=O) groups excluding carboxylic acids is 1. The van der Waals surface area contributed by atoms with Gasteiger partial charge in [0.25, 0.3) is 0 Å². The summed E-state index contributed by atoms with van der Waals surface area (Å²) < 4.78 is 3.31. The number of piperidine rings is 1. The van der Waals surface area contributed by atoms with Gasteiger partial charge in [-0.2, -0.15) is 0 Å². The van der Waals surface area contributed by atoms with Crippen LogP contribution in [0, 0.1) is 0 Å². The summed E-state index contributed by atoms with van der Waals surface area (Å²) >= 11 is 0. The van der Waals surface area contributed by atoms with Gasteiger partial charge in [-0.15, -0.1) is 0 Å². The number of fused-ring (bicyclic) bond motifs is 1. The zero-order valence-corrected chi connectivity index (χ0v) is 12.6. The van der Waals surface area contributed by atoms with Crippen LogP contribution in [0.3, 0.4) is 0 Å². The van der Waals surface area contributed by atoms with Crippen LogP contribution >= 0.6 is 0 Å². The predicted octanol–water partition coefficient (Wildman–Crippen LogP) is 1.83. The highest BCUT2D eigenvalue weighted by molar-refractivity contribution is 5.77. The molecule has 7 nitrogen and oxygen atoms in total. The molecule has 0 spiro atoms. The van der Waals surface area contributed by atoms with Gasteiger partial charge in [0.15, 0.2) is 0 Å². The minimum Gasteiger partial charge on any atom is -0.324 e. The van der Waals surface area contributed by atoms with Crippen LogP contribution in [0.5, 0.6) is 0 Å². The van der Waals surface area contributed by atoms with Gasteiger partial charge in [0, 0.05) is 31.5 Å². The van der Waals surface area contributed by atoms with Gasteiger partial charge in [-0.25, -0.2) is 14.6 Å². The van der Waals surface area contributed by atoms with Crippen LogP contribution in [0.2, 0.25) is 0 Å². The molecule has 4 rings (SSSR count). The number of benzene rings is 1. The molecular weight excluding hydrogens is 294 g/mol. The van der Waals surface area contributed by atoms with Crippen molar-refractivity contribution in [1.82, 2.24) is 24.0 Å². The zero-order chi connectivity index (χ0) is 15.8. The molecule has 0 unspecified atom stereocenters. The molecule has 0 radical (unpaired) electrons.